The normalized spacial score (nSPS) is 13.9. The molecule has 0 bridgehead atoms. The van der Waals surface area contributed by atoms with Crippen molar-refractivity contribution in [3.8, 4) is 22.3 Å². The number of hydrogen-bond acceptors (Lipinski definition) is 3. The van der Waals surface area contributed by atoms with Crippen molar-refractivity contribution in [2.24, 2.45) is 0 Å². The molecule has 1 aromatic heterocycles. The maximum atomic E-state index is 4.80. The monoisotopic (exact) mass is 451 g/mol. The summed E-state index contributed by atoms with van der Waals surface area (Å²) in [5.74, 6) is 2.48. The number of rotatable bonds is 3. The molecule has 168 valence electrons. The predicted octanol–water partition coefficient (Wildman–Crippen LogP) is 6.68. The number of aryl methyl sites for hydroxylation is 2. The Hall–Kier alpha value is -4.11. The minimum absolute atomic E-state index is 0.342. The van der Waals surface area contributed by atoms with Gasteiger partial charge in [0.25, 0.3) is 0 Å². The largest absolute Gasteiger partial charge is 0.218 e. The van der Waals surface area contributed by atoms with Crippen molar-refractivity contribution in [3.63, 3.8) is 0 Å². The molecule has 2 aliphatic carbocycles. The number of benzene rings is 4. The summed E-state index contributed by atoms with van der Waals surface area (Å²) in [4.78, 5) is 14.0. The topological polar surface area (TPSA) is 38.7 Å². The van der Waals surface area contributed by atoms with Gasteiger partial charge in [-0.05, 0) is 57.0 Å². The second-order valence-electron chi connectivity index (χ2n) is 9.47. The molecular formula is C32H25N3. The van der Waals surface area contributed by atoms with Crippen molar-refractivity contribution in [1.29, 1.82) is 0 Å². The lowest BCUT2D eigenvalue weighted by Crippen LogP contribution is -2.27. The molecule has 0 saturated heterocycles. The summed E-state index contributed by atoms with van der Waals surface area (Å²) >= 11 is 0. The number of fused-ring (bicyclic) bond motifs is 10. The minimum Gasteiger partial charge on any atom is -0.218 e. The fraction of sp³-hybridized carbons (Fsp3) is 0.156. The van der Waals surface area contributed by atoms with E-state index < -0.39 is 0 Å². The van der Waals surface area contributed by atoms with Gasteiger partial charge < -0.3 is 0 Å². The van der Waals surface area contributed by atoms with Crippen molar-refractivity contribution in [3.05, 3.63) is 136 Å². The van der Waals surface area contributed by atoms with Gasteiger partial charge in [-0.3, -0.25) is 0 Å². The zero-order chi connectivity index (χ0) is 23.6. The van der Waals surface area contributed by atoms with Crippen LogP contribution in [0.3, 0.4) is 0 Å². The molecule has 1 spiro atoms. The van der Waals surface area contributed by atoms with Gasteiger partial charge in [-0.2, -0.15) is 0 Å². The van der Waals surface area contributed by atoms with Gasteiger partial charge in [0.05, 0.1) is 5.41 Å². The average molecular weight is 452 g/mol. The van der Waals surface area contributed by atoms with E-state index in [1.807, 2.05) is 6.92 Å². The Kier molecular flexibility index (Phi) is 4.31. The lowest BCUT2D eigenvalue weighted by Gasteiger charge is -2.32. The lowest BCUT2D eigenvalue weighted by atomic mass is 9.69. The van der Waals surface area contributed by atoms with Crippen LogP contribution in [-0.4, -0.2) is 15.0 Å². The fourth-order valence-electron chi connectivity index (χ4n) is 6.39. The van der Waals surface area contributed by atoms with Crippen LogP contribution < -0.4 is 0 Å². The van der Waals surface area contributed by atoms with Crippen LogP contribution in [0.15, 0.2) is 91.0 Å². The zero-order valence-corrected chi connectivity index (χ0v) is 19.9. The fourth-order valence-corrected chi connectivity index (χ4v) is 6.39. The van der Waals surface area contributed by atoms with Gasteiger partial charge in [0.1, 0.15) is 17.5 Å². The molecule has 0 aliphatic heterocycles. The van der Waals surface area contributed by atoms with Gasteiger partial charge in [-0.15, -0.1) is 0 Å². The van der Waals surface area contributed by atoms with E-state index in [-0.39, 0.29) is 5.41 Å². The first-order valence-electron chi connectivity index (χ1n) is 12.3. The Morgan fingerprint density at radius 3 is 1.69 bits per heavy atom. The molecule has 0 saturated carbocycles. The first kappa shape index (κ1) is 20.3. The van der Waals surface area contributed by atoms with Gasteiger partial charge in [0.15, 0.2) is 0 Å². The average Bonchev–Trinajstić information content (AvgIpc) is 3.36. The Morgan fingerprint density at radius 2 is 1.09 bits per heavy atom. The van der Waals surface area contributed by atoms with E-state index in [1.54, 1.807) is 0 Å². The quantitative estimate of drug-likeness (QED) is 0.301. The molecule has 35 heavy (non-hydrogen) atoms. The molecule has 0 N–H and O–H groups in total. The van der Waals surface area contributed by atoms with Crippen LogP contribution in [0, 0.1) is 6.92 Å². The highest BCUT2D eigenvalue weighted by molar-refractivity contribution is 5.95. The molecule has 3 nitrogen and oxygen atoms in total. The Balaban J connectivity index is 1.57. The van der Waals surface area contributed by atoms with E-state index in [2.05, 4.69) is 103 Å². The third-order valence-electron chi connectivity index (χ3n) is 7.60. The molecular weight excluding hydrogens is 426 g/mol. The van der Waals surface area contributed by atoms with E-state index >= 15 is 0 Å². The first-order valence-corrected chi connectivity index (χ1v) is 12.3. The molecule has 1 heterocycles. The summed E-state index contributed by atoms with van der Waals surface area (Å²) in [5, 5.41) is 0. The minimum atomic E-state index is -0.342. The summed E-state index contributed by atoms with van der Waals surface area (Å²) in [6.45, 7) is 4.05. The Morgan fingerprint density at radius 1 is 0.571 bits per heavy atom. The second kappa shape index (κ2) is 7.44. The first-order chi connectivity index (χ1) is 17.2. The van der Waals surface area contributed by atoms with E-state index in [0.717, 1.165) is 23.9 Å². The molecule has 7 rings (SSSR count). The van der Waals surface area contributed by atoms with Crippen LogP contribution in [0.5, 0.6) is 0 Å². The van der Waals surface area contributed by atoms with Gasteiger partial charge in [-0.1, -0.05) is 97.9 Å². The van der Waals surface area contributed by atoms with Gasteiger partial charge in [0.2, 0.25) is 0 Å². The van der Waals surface area contributed by atoms with E-state index in [1.165, 1.54) is 50.1 Å². The highest BCUT2D eigenvalue weighted by Gasteiger charge is 2.52. The molecule has 0 atom stereocenters. The molecule has 4 aromatic carbocycles. The second-order valence-corrected chi connectivity index (χ2v) is 9.47. The maximum Gasteiger partial charge on any atom is 0.136 e. The maximum absolute atomic E-state index is 4.80. The van der Waals surface area contributed by atoms with Gasteiger partial charge >= 0.3 is 0 Å². The lowest BCUT2D eigenvalue weighted by molar-refractivity contribution is 0.766. The zero-order valence-electron chi connectivity index (χ0n) is 19.9. The third kappa shape index (κ3) is 2.69. The molecule has 0 fully saturated rings. The van der Waals surface area contributed by atoms with Crippen LogP contribution in [0.4, 0.5) is 0 Å². The van der Waals surface area contributed by atoms with Crippen molar-refractivity contribution < 1.29 is 0 Å². The smallest absolute Gasteiger partial charge is 0.136 e. The molecule has 3 heteroatoms. The highest BCUT2D eigenvalue weighted by Crippen LogP contribution is 2.63. The molecule has 0 radical (unpaired) electrons. The Labute approximate surface area is 205 Å². The predicted molar refractivity (Wildman–Crippen MR) is 139 cm³/mol. The Bertz CT molecular complexity index is 1570. The van der Waals surface area contributed by atoms with E-state index in [0.29, 0.717) is 6.42 Å². The summed E-state index contributed by atoms with van der Waals surface area (Å²) < 4.78 is 0. The van der Waals surface area contributed by atoms with Crippen molar-refractivity contribution in [1.82, 2.24) is 15.0 Å². The molecule has 0 amide bonds. The number of hydrogen-bond donors (Lipinski definition) is 0. The van der Waals surface area contributed by atoms with Crippen LogP contribution >= 0.6 is 0 Å². The standard InChI is InChI=1S/C32H25N3/c1-3-29-33-20(2)34-30(35-29)19-21-11-10-15-25-24-14-6-9-18-28(24)32(31(21)25)26-16-7-4-12-22(26)23-13-5-8-17-27(23)32/h4-18H,3,19H2,1-2H3. The third-order valence-corrected chi connectivity index (χ3v) is 7.60. The van der Waals surface area contributed by atoms with Crippen LogP contribution in [-0.2, 0) is 18.3 Å². The summed E-state index contributed by atoms with van der Waals surface area (Å²) in [6, 6.07) is 33.5. The SMILES string of the molecule is CCc1nc(C)nc(Cc2cccc3c2C2(c4ccccc4-c4ccccc42)c2ccccc2-3)n1. The summed E-state index contributed by atoms with van der Waals surface area (Å²) in [6.07, 6.45) is 1.49. The van der Waals surface area contributed by atoms with Gasteiger partial charge in [-0.25, -0.2) is 15.0 Å². The van der Waals surface area contributed by atoms with Crippen molar-refractivity contribution in [2.45, 2.75) is 32.1 Å². The van der Waals surface area contributed by atoms with E-state index in [4.69, 9.17) is 9.97 Å². The van der Waals surface area contributed by atoms with Crippen LogP contribution in [0.2, 0.25) is 0 Å². The van der Waals surface area contributed by atoms with Crippen molar-refractivity contribution >= 4 is 0 Å². The highest BCUT2D eigenvalue weighted by atomic mass is 15.0. The van der Waals surface area contributed by atoms with E-state index in [9.17, 15) is 0 Å². The number of aromatic nitrogens is 3. The molecule has 0 unspecified atom stereocenters. The molecule has 2 aliphatic rings. The summed E-state index contributed by atoms with van der Waals surface area (Å²) in [5.41, 5.74) is 11.7. The van der Waals surface area contributed by atoms with Crippen molar-refractivity contribution in [2.75, 3.05) is 0 Å². The molecule has 5 aromatic rings. The van der Waals surface area contributed by atoms with Gasteiger partial charge in [0, 0.05) is 12.8 Å². The number of nitrogens with zero attached hydrogens (tertiary/aromatic N) is 3. The van der Waals surface area contributed by atoms with Crippen LogP contribution in [0.25, 0.3) is 22.3 Å². The summed E-state index contributed by atoms with van der Waals surface area (Å²) in [7, 11) is 0. The van der Waals surface area contributed by atoms with Crippen LogP contribution in [0.1, 0.15) is 52.2 Å².